The highest BCUT2D eigenvalue weighted by Crippen LogP contribution is 2.22. The second kappa shape index (κ2) is 12.3. The van der Waals surface area contributed by atoms with Crippen molar-refractivity contribution < 1.29 is 24.2 Å². The molecule has 7 nitrogen and oxygen atoms in total. The minimum absolute atomic E-state index is 0.262. The first-order valence-corrected chi connectivity index (χ1v) is 7.79. The van der Waals surface area contributed by atoms with E-state index >= 15 is 0 Å². The van der Waals surface area contributed by atoms with Gasteiger partial charge in [-0.3, -0.25) is 4.79 Å². The molecule has 136 valence electrons. The zero-order valence-corrected chi connectivity index (χ0v) is 14.8. The fraction of sp³-hybridized carbons (Fsp3) is 0.529. The maximum Gasteiger partial charge on any atom is 0.328 e. The van der Waals surface area contributed by atoms with Crippen LogP contribution in [0.4, 0.5) is 5.69 Å². The third-order valence-electron chi connectivity index (χ3n) is 3.16. The largest absolute Gasteiger partial charge is 0.480 e. The van der Waals surface area contributed by atoms with Crippen LogP contribution >= 0.6 is 0 Å². The molecule has 0 spiro atoms. The predicted octanol–water partition coefficient (Wildman–Crippen LogP) is 1.58. The molecule has 0 aliphatic rings. The molecular formula is C17H28N2O5. The fourth-order valence-corrected chi connectivity index (χ4v) is 1.86. The molecule has 0 fully saturated rings. The number of ether oxygens (including phenoxy) is 2. The van der Waals surface area contributed by atoms with Gasteiger partial charge in [-0.15, -0.1) is 0 Å². The molecule has 0 saturated carbocycles. The summed E-state index contributed by atoms with van der Waals surface area (Å²) >= 11 is 0. The highest BCUT2D eigenvalue weighted by atomic mass is 16.6. The van der Waals surface area contributed by atoms with E-state index in [0.717, 1.165) is 17.7 Å². The van der Waals surface area contributed by atoms with Crippen molar-refractivity contribution in [3.05, 3.63) is 29.3 Å². The number of anilines is 1. The summed E-state index contributed by atoms with van der Waals surface area (Å²) in [5.74, 6) is -1.23. The summed E-state index contributed by atoms with van der Waals surface area (Å²) in [6, 6.07) is 5.76. The Hall–Kier alpha value is -2.12. The van der Waals surface area contributed by atoms with Gasteiger partial charge in [0.2, 0.25) is 0 Å². The molecule has 24 heavy (non-hydrogen) atoms. The fourth-order valence-electron chi connectivity index (χ4n) is 1.86. The Labute approximate surface area is 143 Å². The topological polar surface area (TPSA) is 111 Å². The van der Waals surface area contributed by atoms with Gasteiger partial charge in [0.1, 0.15) is 12.6 Å². The highest BCUT2D eigenvalue weighted by molar-refractivity contribution is 5.79. The Balaban J connectivity index is 0.000000922. The number of para-hydroxylation sites is 1. The van der Waals surface area contributed by atoms with Crippen molar-refractivity contribution in [1.29, 1.82) is 0 Å². The van der Waals surface area contributed by atoms with Crippen LogP contribution in [-0.2, 0) is 25.5 Å². The van der Waals surface area contributed by atoms with Crippen LogP contribution in [0.15, 0.2) is 18.2 Å². The van der Waals surface area contributed by atoms with E-state index in [1.807, 2.05) is 19.1 Å². The minimum atomic E-state index is -0.968. The number of aryl methyl sites for hydroxylation is 2. The lowest BCUT2D eigenvalue weighted by atomic mass is 10.1. The summed E-state index contributed by atoms with van der Waals surface area (Å²) in [6.45, 7) is 6.37. The zero-order chi connectivity index (χ0) is 18.5. The van der Waals surface area contributed by atoms with Crippen LogP contribution in [0, 0.1) is 6.92 Å². The molecule has 0 unspecified atom stereocenters. The van der Waals surface area contributed by atoms with Crippen LogP contribution in [-0.4, -0.2) is 50.0 Å². The Morgan fingerprint density at radius 1 is 1.33 bits per heavy atom. The molecular weight excluding hydrogens is 312 g/mol. The van der Waals surface area contributed by atoms with Crippen molar-refractivity contribution in [3.63, 3.8) is 0 Å². The van der Waals surface area contributed by atoms with Crippen LogP contribution in [0.5, 0.6) is 0 Å². The second-order valence-electron chi connectivity index (χ2n) is 5.09. The third-order valence-corrected chi connectivity index (χ3v) is 3.16. The molecule has 0 aromatic heterocycles. The van der Waals surface area contributed by atoms with Gasteiger partial charge in [0.15, 0.2) is 0 Å². The van der Waals surface area contributed by atoms with E-state index in [1.54, 1.807) is 14.0 Å². The van der Waals surface area contributed by atoms with Gasteiger partial charge in [-0.05, 0) is 31.4 Å². The average Bonchev–Trinajstić information content (AvgIpc) is 2.57. The summed E-state index contributed by atoms with van der Waals surface area (Å²) < 4.78 is 9.95. The number of aliphatic carboxylic acids is 1. The number of methoxy groups -OCH3 is 1. The summed E-state index contributed by atoms with van der Waals surface area (Å²) in [7, 11) is 1.58. The number of carboxylic acid groups (broad SMARTS) is 1. The number of carboxylic acids is 1. The number of nitrogens with two attached hydrogens (primary N) is 1. The van der Waals surface area contributed by atoms with Crippen molar-refractivity contribution >= 4 is 17.6 Å². The van der Waals surface area contributed by atoms with Crippen LogP contribution < -0.4 is 11.1 Å². The van der Waals surface area contributed by atoms with Gasteiger partial charge in [0.05, 0.1) is 13.2 Å². The summed E-state index contributed by atoms with van der Waals surface area (Å²) in [4.78, 5) is 21.0. The predicted molar refractivity (Wildman–Crippen MR) is 93.2 cm³/mol. The number of esters is 1. The first-order chi connectivity index (χ1) is 11.4. The monoisotopic (exact) mass is 340 g/mol. The minimum Gasteiger partial charge on any atom is -0.480 e. The molecule has 1 rings (SSSR count). The quantitative estimate of drug-likeness (QED) is 0.486. The molecule has 7 heteroatoms. The molecule has 0 aliphatic carbocycles. The standard InChI is InChI=1S/C15H23NO3.C2H5NO2/c1-5-13-8-6-7-11(2)14(13)16-12(3)15(17)19-10-9-18-4;3-1-2(4)5/h6-8,12,16H,5,9-10H2,1-4H3;1,3H2,(H,4,5)/t12-;/m0./s1. The number of hydrogen-bond donors (Lipinski definition) is 3. The van der Waals surface area contributed by atoms with E-state index in [-0.39, 0.29) is 25.2 Å². The molecule has 0 bridgehead atoms. The van der Waals surface area contributed by atoms with Gasteiger partial charge in [-0.1, -0.05) is 25.1 Å². The van der Waals surface area contributed by atoms with Gasteiger partial charge in [0.25, 0.3) is 0 Å². The second-order valence-corrected chi connectivity index (χ2v) is 5.09. The van der Waals surface area contributed by atoms with E-state index < -0.39 is 5.97 Å². The normalized spacial score (nSPS) is 11.0. The molecule has 0 heterocycles. The Bertz CT molecular complexity index is 520. The van der Waals surface area contributed by atoms with Crippen molar-refractivity contribution in [3.8, 4) is 0 Å². The lowest BCUT2D eigenvalue weighted by molar-refractivity contribution is -0.145. The van der Waals surface area contributed by atoms with Gasteiger partial charge in [-0.25, -0.2) is 4.79 Å². The van der Waals surface area contributed by atoms with E-state index in [1.165, 1.54) is 5.56 Å². The van der Waals surface area contributed by atoms with Crippen molar-refractivity contribution in [2.75, 3.05) is 32.2 Å². The number of benzene rings is 1. The van der Waals surface area contributed by atoms with E-state index in [2.05, 4.69) is 24.0 Å². The summed E-state index contributed by atoms with van der Waals surface area (Å²) in [5, 5.41) is 10.8. The van der Waals surface area contributed by atoms with E-state index in [9.17, 15) is 9.59 Å². The van der Waals surface area contributed by atoms with Gasteiger partial charge in [-0.2, -0.15) is 0 Å². The van der Waals surface area contributed by atoms with Crippen molar-refractivity contribution in [2.45, 2.75) is 33.2 Å². The first-order valence-electron chi connectivity index (χ1n) is 7.79. The number of nitrogens with one attached hydrogen (secondary N) is 1. The van der Waals surface area contributed by atoms with Crippen LogP contribution in [0.2, 0.25) is 0 Å². The Kier molecular flexibility index (Phi) is 11.2. The number of hydrogen-bond acceptors (Lipinski definition) is 6. The number of rotatable bonds is 8. The van der Waals surface area contributed by atoms with Gasteiger partial charge >= 0.3 is 11.9 Å². The zero-order valence-electron chi connectivity index (χ0n) is 14.8. The smallest absolute Gasteiger partial charge is 0.328 e. The maximum absolute atomic E-state index is 11.8. The lowest BCUT2D eigenvalue weighted by Gasteiger charge is -2.18. The number of carbonyl (C=O) groups excluding carboxylic acids is 1. The summed E-state index contributed by atoms with van der Waals surface area (Å²) in [6.07, 6.45) is 0.926. The van der Waals surface area contributed by atoms with Gasteiger partial charge < -0.3 is 25.6 Å². The first kappa shape index (κ1) is 21.9. The van der Waals surface area contributed by atoms with E-state index in [4.69, 9.17) is 14.6 Å². The summed E-state index contributed by atoms with van der Waals surface area (Å²) in [5.41, 5.74) is 7.94. The molecule has 4 N–H and O–H groups in total. The van der Waals surface area contributed by atoms with Crippen molar-refractivity contribution in [2.24, 2.45) is 5.73 Å². The average molecular weight is 340 g/mol. The molecule has 0 aliphatic heterocycles. The Morgan fingerprint density at radius 2 is 1.96 bits per heavy atom. The van der Waals surface area contributed by atoms with E-state index in [0.29, 0.717) is 6.61 Å². The van der Waals surface area contributed by atoms with Crippen LogP contribution in [0.1, 0.15) is 25.0 Å². The molecule has 1 atom stereocenters. The molecule has 0 amide bonds. The SMILES string of the molecule is CCc1cccc(C)c1N[C@@H](C)C(=O)OCCOC.NCC(=O)O. The van der Waals surface area contributed by atoms with Crippen molar-refractivity contribution in [1.82, 2.24) is 0 Å². The highest BCUT2D eigenvalue weighted by Gasteiger charge is 2.16. The third kappa shape index (κ3) is 8.50. The molecule has 1 aromatic rings. The lowest BCUT2D eigenvalue weighted by Crippen LogP contribution is -2.29. The molecule has 0 radical (unpaired) electrons. The molecule has 1 aromatic carbocycles. The van der Waals surface area contributed by atoms with Crippen LogP contribution in [0.25, 0.3) is 0 Å². The number of carbonyl (C=O) groups is 2. The maximum atomic E-state index is 11.8. The van der Waals surface area contributed by atoms with Gasteiger partial charge in [0, 0.05) is 12.8 Å². The van der Waals surface area contributed by atoms with Crippen LogP contribution in [0.3, 0.4) is 0 Å². The Morgan fingerprint density at radius 3 is 2.46 bits per heavy atom. The molecule has 0 saturated heterocycles.